The molecule has 2 aliphatic carbocycles. The van der Waals surface area contributed by atoms with Gasteiger partial charge in [0.05, 0.1) is 17.4 Å². The number of hydrogen-bond acceptors (Lipinski definition) is 5. The van der Waals surface area contributed by atoms with Gasteiger partial charge in [0.2, 0.25) is 11.9 Å². The van der Waals surface area contributed by atoms with Gasteiger partial charge in [-0.1, -0.05) is 39.8 Å². The molecule has 3 heterocycles. The van der Waals surface area contributed by atoms with Crippen LogP contribution >= 0.6 is 0 Å². The van der Waals surface area contributed by atoms with E-state index in [9.17, 15) is 27.1 Å². The Morgan fingerprint density at radius 3 is 2.04 bits per heavy atom. The summed E-state index contributed by atoms with van der Waals surface area (Å²) in [6, 6.07) is 4.04. The minimum atomic E-state index is -4.58. The summed E-state index contributed by atoms with van der Waals surface area (Å²) in [5.74, 6) is -2.55. The third kappa shape index (κ3) is 7.07. The number of rotatable bonds is 6. The molecular formula is C37H44F6N4O. The van der Waals surface area contributed by atoms with E-state index in [2.05, 4.69) is 28.7 Å². The molecule has 0 spiro atoms. The molecule has 3 aliphatic rings. The highest BCUT2D eigenvalue weighted by Crippen LogP contribution is 2.52. The van der Waals surface area contributed by atoms with E-state index in [-0.39, 0.29) is 48.1 Å². The van der Waals surface area contributed by atoms with Crippen LogP contribution in [0.3, 0.4) is 0 Å². The minimum Gasteiger partial charge on any atom is -0.388 e. The van der Waals surface area contributed by atoms with Crippen molar-refractivity contribution in [3.05, 3.63) is 81.4 Å². The summed E-state index contributed by atoms with van der Waals surface area (Å²) in [5, 5.41) is 11.6. The lowest BCUT2D eigenvalue weighted by Crippen LogP contribution is -2.36. The van der Waals surface area contributed by atoms with Crippen molar-refractivity contribution < 1.29 is 31.4 Å². The van der Waals surface area contributed by atoms with Crippen LogP contribution in [0.4, 0.5) is 32.3 Å². The zero-order chi connectivity index (χ0) is 34.6. The minimum absolute atomic E-state index is 0.0371. The van der Waals surface area contributed by atoms with Crippen molar-refractivity contribution in [2.24, 2.45) is 5.41 Å². The molecule has 0 amide bonds. The summed E-state index contributed by atoms with van der Waals surface area (Å²) in [5.41, 5.74) is 2.38. The van der Waals surface area contributed by atoms with E-state index in [0.717, 1.165) is 29.8 Å². The fraction of sp³-hybridized carbons (Fsp3) is 0.595. The van der Waals surface area contributed by atoms with Gasteiger partial charge in [-0.15, -0.1) is 0 Å². The first-order chi connectivity index (χ1) is 22.5. The molecule has 6 rings (SSSR count). The second-order valence-corrected chi connectivity index (χ2v) is 15.1. The molecule has 48 heavy (non-hydrogen) atoms. The van der Waals surface area contributed by atoms with Crippen LogP contribution in [0.1, 0.15) is 147 Å². The topological polar surface area (TPSA) is 62.1 Å². The molecule has 2 aromatic heterocycles. The van der Waals surface area contributed by atoms with E-state index in [4.69, 9.17) is 4.98 Å². The number of fused-ring (bicyclic) bond motifs is 1. The van der Waals surface area contributed by atoms with Crippen LogP contribution in [-0.2, 0) is 12.6 Å². The van der Waals surface area contributed by atoms with Crippen molar-refractivity contribution in [3.63, 3.8) is 0 Å². The largest absolute Gasteiger partial charge is 0.416 e. The van der Waals surface area contributed by atoms with E-state index in [1.165, 1.54) is 0 Å². The van der Waals surface area contributed by atoms with Crippen molar-refractivity contribution in [3.8, 4) is 0 Å². The van der Waals surface area contributed by atoms with Gasteiger partial charge in [-0.25, -0.2) is 23.1 Å². The summed E-state index contributed by atoms with van der Waals surface area (Å²) in [6.45, 7) is 9.39. The molecule has 0 radical (unpaired) electrons. The number of anilines is 1. The Hall–Kier alpha value is -3.21. The molecule has 1 aromatic carbocycles. The van der Waals surface area contributed by atoms with Gasteiger partial charge in [-0.2, -0.15) is 13.2 Å². The van der Waals surface area contributed by atoms with Crippen LogP contribution < -0.4 is 4.90 Å². The van der Waals surface area contributed by atoms with Crippen LogP contribution in [0.15, 0.2) is 36.7 Å². The van der Waals surface area contributed by atoms with Crippen LogP contribution in [0, 0.1) is 5.41 Å². The third-order valence-corrected chi connectivity index (χ3v) is 10.5. The number of hydrogen-bond donors (Lipinski definition) is 1. The fourth-order valence-electron chi connectivity index (χ4n) is 7.86. The highest BCUT2D eigenvalue weighted by Gasteiger charge is 2.44. The van der Waals surface area contributed by atoms with Gasteiger partial charge in [-0.3, -0.25) is 4.98 Å². The first-order valence-corrected chi connectivity index (χ1v) is 17.0. The lowest BCUT2D eigenvalue weighted by Gasteiger charge is -2.41. The van der Waals surface area contributed by atoms with Crippen molar-refractivity contribution in [1.82, 2.24) is 15.0 Å². The highest BCUT2D eigenvalue weighted by atomic mass is 19.4. The summed E-state index contributed by atoms with van der Waals surface area (Å²) in [7, 11) is 0. The molecule has 0 bridgehead atoms. The van der Waals surface area contributed by atoms with Crippen molar-refractivity contribution >= 4 is 5.95 Å². The molecule has 260 valence electrons. The number of halogens is 6. The second kappa shape index (κ2) is 12.9. The van der Waals surface area contributed by atoms with Crippen LogP contribution in [-0.4, -0.2) is 39.1 Å². The molecule has 3 aromatic rings. The van der Waals surface area contributed by atoms with Crippen molar-refractivity contribution in [2.45, 2.75) is 121 Å². The molecular weight excluding hydrogens is 630 g/mol. The standard InChI is InChI=1S/C37H44F6N4O/c1-21(2)25-19-44-34(45-20-25)47-15-11-24(12-16-47)33-31(32(38)23-5-7-26(8-6-23)37(41,42)43)29(22-9-13-36(39,40)14-10-22)30-27(46-33)17-35(3,4)18-28(30)48/h5-8,19-22,24,28,32,48H,9-18H2,1-4H3/t28-,32-/m0/s1. The van der Waals surface area contributed by atoms with Crippen molar-refractivity contribution in [1.29, 1.82) is 0 Å². The summed E-state index contributed by atoms with van der Waals surface area (Å²) < 4.78 is 86.3. The van der Waals surface area contributed by atoms with E-state index in [1.54, 1.807) is 0 Å². The SMILES string of the molecule is CC(C)c1cnc(N2CCC(c3nc4c(c(C5CCC(F)(F)CC5)c3[C@@H](F)c3ccc(C(F)(F)F)cc3)[C@@H](O)CC(C)(C)C4)CC2)nc1. The molecule has 1 saturated carbocycles. The van der Waals surface area contributed by atoms with Gasteiger partial charge in [0.25, 0.3) is 0 Å². The smallest absolute Gasteiger partial charge is 0.388 e. The Balaban J connectivity index is 1.45. The first kappa shape index (κ1) is 34.6. The molecule has 2 fully saturated rings. The average molecular weight is 675 g/mol. The fourth-order valence-corrected chi connectivity index (χ4v) is 7.86. The number of aromatic nitrogens is 3. The maximum absolute atomic E-state index is 17.2. The number of aliphatic hydroxyl groups excluding tert-OH is 1. The van der Waals surface area contributed by atoms with Crippen molar-refractivity contribution in [2.75, 3.05) is 18.0 Å². The monoisotopic (exact) mass is 674 g/mol. The first-order valence-electron chi connectivity index (χ1n) is 17.0. The summed E-state index contributed by atoms with van der Waals surface area (Å²) in [4.78, 5) is 16.3. The Kier molecular flexibility index (Phi) is 9.32. The van der Waals surface area contributed by atoms with E-state index >= 15 is 4.39 Å². The van der Waals surface area contributed by atoms with Gasteiger partial charge in [0.15, 0.2) is 6.17 Å². The van der Waals surface area contributed by atoms with Crippen LogP contribution in [0.25, 0.3) is 0 Å². The molecule has 0 unspecified atom stereocenters. The number of benzene rings is 1. The molecule has 1 N–H and O–H groups in total. The maximum Gasteiger partial charge on any atom is 0.416 e. The van der Waals surface area contributed by atoms with Gasteiger partial charge in [-0.05, 0) is 84.6 Å². The van der Waals surface area contributed by atoms with Crippen LogP contribution in [0.2, 0.25) is 0 Å². The lowest BCUT2D eigenvalue weighted by molar-refractivity contribution is -0.137. The Morgan fingerprint density at radius 1 is 0.875 bits per heavy atom. The zero-order valence-corrected chi connectivity index (χ0v) is 27.9. The number of alkyl halides is 6. The summed E-state index contributed by atoms with van der Waals surface area (Å²) >= 11 is 0. The second-order valence-electron chi connectivity index (χ2n) is 15.1. The number of aliphatic hydroxyl groups is 1. The van der Waals surface area contributed by atoms with Crippen LogP contribution in [0.5, 0.6) is 0 Å². The molecule has 1 saturated heterocycles. The number of pyridine rings is 1. The maximum atomic E-state index is 17.2. The quantitative estimate of drug-likeness (QED) is 0.264. The van der Waals surface area contributed by atoms with E-state index in [0.29, 0.717) is 73.2 Å². The summed E-state index contributed by atoms with van der Waals surface area (Å²) in [6.07, 6.45) is -2.07. The van der Waals surface area contributed by atoms with Gasteiger partial charge in [0, 0.05) is 61.1 Å². The Bertz CT molecular complexity index is 1590. The Labute approximate surface area is 278 Å². The number of piperidine rings is 1. The van der Waals surface area contributed by atoms with Gasteiger partial charge in [0.1, 0.15) is 0 Å². The highest BCUT2D eigenvalue weighted by molar-refractivity contribution is 5.51. The predicted molar refractivity (Wildman–Crippen MR) is 172 cm³/mol. The van der Waals surface area contributed by atoms with E-state index < -0.39 is 35.9 Å². The van der Waals surface area contributed by atoms with Gasteiger partial charge >= 0.3 is 6.18 Å². The van der Waals surface area contributed by atoms with Gasteiger partial charge < -0.3 is 10.0 Å². The molecule has 1 aliphatic heterocycles. The predicted octanol–water partition coefficient (Wildman–Crippen LogP) is 9.76. The molecule has 11 heteroatoms. The molecule has 2 atom stereocenters. The Morgan fingerprint density at radius 2 is 1.48 bits per heavy atom. The average Bonchev–Trinajstić information content (AvgIpc) is 3.03. The zero-order valence-electron chi connectivity index (χ0n) is 27.9. The van der Waals surface area contributed by atoms with E-state index in [1.807, 2.05) is 26.2 Å². The lowest BCUT2D eigenvalue weighted by atomic mass is 9.68. The third-order valence-electron chi connectivity index (χ3n) is 10.5. The molecule has 5 nitrogen and oxygen atoms in total. The normalized spacial score (nSPS) is 22.5. The number of nitrogens with zero attached hydrogens (tertiary/aromatic N) is 4.